The van der Waals surface area contributed by atoms with Crippen LogP contribution in [0, 0.1) is 0 Å². The van der Waals surface area contributed by atoms with Gasteiger partial charge in [-0.25, -0.2) is 0 Å². The molecular formula is C14H27NO4. The molecule has 2 aliphatic rings. The lowest BCUT2D eigenvalue weighted by Crippen LogP contribution is -2.54. The van der Waals surface area contributed by atoms with Gasteiger partial charge in [0.1, 0.15) is 0 Å². The van der Waals surface area contributed by atoms with E-state index in [1.807, 2.05) is 6.92 Å². The minimum absolute atomic E-state index is 0.109. The van der Waals surface area contributed by atoms with Gasteiger partial charge in [-0.15, -0.1) is 0 Å². The molecule has 1 spiro atoms. The van der Waals surface area contributed by atoms with Crippen molar-refractivity contribution < 1.29 is 19.3 Å². The number of aliphatic hydroxyl groups is 1. The van der Waals surface area contributed by atoms with E-state index in [2.05, 4.69) is 11.8 Å². The number of hydrogen-bond acceptors (Lipinski definition) is 5. The van der Waals surface area contributed by atoms with Gasteiger partial charge in [0.05, 0.1) is 25.9 Å². The van der Waals surface area contributed by atoms with Crippen LogP contribution in [0.5, 0.6) is 0 Å². The molecule has 2 fully saturated rings. The van der Waals surface area contributed by atoms with Gasteiger partial charge in [-0.3, -0.25) is 4.90 Å². The van der Waals surface area contributed by atoms with Gasteiger partial charge in [0.15, 0.2) is 5.79 Å². The first-order valence-electron chi connectivity index (χ1n) is 7.48. The van der Waals surface area contributed by atoms with Gasteiger partial charge in [0, 0.05) is 32.0 Å². The lowest BCUT2D eigenvalue weighted by atomic mass is 9.86. The van der Waals surface area contributed by atoms with Crippen LogP contribution in [0.1, 0.15) is 33.1 Å². The molecule has 0 radical (unpaired) electrons. The molecule has 1 aliphatic heterocycles. The van der Waals surface area contributed by atoms with Crippen molar-refractivity contribution in [3.05, 3.63) is 0 Å². The Kier molecular flexibility index (Phi) is 5.59. The fourth-order valence-corrected chi connectivity index (χ4v) is 3.13. The number of rotatable bonds is 6. The summed E-state index contributed by atoms with van der Waals surface area (Å²) in [5, 5.41) is 10.3. The quantitative estimate of drug-likeness (QED) is 0.732. The molecule has 0 aromatic carbocycles. The molecule has 0 amide bonds. The molecule has 19 heavy (non-hydrogen) atoms. The van der Waals surface area contributed by atoms with Crippen molar-refractivity contribution in [1.82, 2.24) is 4.90 Å². The Balaban J connectivity index is 1.94. The molecule has 0 aromatic rings. The Morgan fingerprint density at radius 2 is 2.05 bits per heavy atom. The standard InChI is InChI=1S/C14H27NO4/c1-3-15(7-8-17-4-2)12-11-14(6-5-13(12)16)18-9-10-19-14/h12-13,16H,3-11H2,1-2H3. The van der Waals surface area contributed by atoms with Gasteiger partial charge < -0.3 is 19.3 Å². The Hall–Kier alpha value is -0.200. The molecule has 1 heterocycles. The molecule has 1 aliphatic carbocycles. The fourth-order valence-electron chi connectivity index (χ4n) is 3.13. The minimum atomic E-state index is -0.442. The summed E-state index contributed by atoms with van der Waals surface area (Å²) in [6.45, 7) is 8.68. The first-order chi connectivity index (χ1) is 9.21. The molecule has 5 nitrogen and oxygen atoms in total. The van der Waals surface area contributed by atoms with Crippen molar-refractivity contribution in [2.24, 2.45) is 0 Å². The number of hydrogen-bond donors (Lipinski definition) is 1. The highest BCUT2D eigenvalue weighted by Crippen LogP contribution is 2.37. The molecule has 1 saturated heterocycles. The first-order valence-corrected chi connectivity index (χ1v) is 7.48. The molecule has 0 aromatic heterocycles. The van der Waals surface area contributed by atoms with Crippen LogP contribution >= 0.6 is 0 Å². The first kappa shape index (κ1) is 15.2. The van der Waals surface area contributed by atoms with Gasteiger partial charge in [-0.1, -0.05) is 6.92 Å². The van der Waals surface area contributed by atoms with E-state index in [1.165, 1.54) is 0 Å². The van der Waals surface area contributed by atoms with Crippen LogP contribution < -0.4 is 0 Å². The van der Waals surface area contributed by atoms with Crippen molar-refractivity contribution >= 4 is 0 Å². The zero-order valence-corrected chi connectivity index (χ0v) is 12.1. The number of aliphatic hydroxyl groups excluding tert-OH is 1. The SMILES string of the molecule is CCOCCN(CC)C1CC2(CCC1O)OCCO2. The highest BCUT2D eigenvalue weighted by atomic mass is 16.7. The summed E-state index contributed by atoms with van der Waals surface area (Å²) in [4.78, 5) is 2.28. The largest absolute Gasteiger partial charge is 0.391 e. The molecular weight excluding hydrogens is 246 g/mol. The average molecular weight is 273 g/mol. The zero-order chi connectivity index (χ0) is 13.7. The molecule has 2 unspecified atom stereocenters. The van der Waals surface area contributed by atoms with Crippen LogP contribution in [-0.2, 0) is 14.2 Å². The smallest absolute Gasteiger partial charge is 0.170 e. The predicted molar refractivity (Wildman–Crippen MR) is 72.0 cm³/mol. The van der Waals surface area contributed by atoms with E-state index < -0.39 is 5.79 Å². The zero-order valence-electron chi connectivity index (χ0n) is 12.1. The topological polar surface area (TPSA) is 51.2 Å². The molecule has 2 atom stereocenters. The molecule has 5 heteroatoms. The second kappa shape index (κ2) is 6.99. The number of nitrogens with zero attached hydrogens (tertiary/aromatic N) is 1. The van der Waals surface area contributed by atoms with Gasteiger partial charge in [0.25, 0.3) is 0 Å². The van der Waals surface area contributed by atoms with E-state index >= 15 is 0 Å². The van der Waals surface area contributed by atoms with E-state index in [1.54, 1.807) is 0 Å². The highest BCUT2D eigenvalue weighted by molar-refractivity contribution is 4.93. The summed E-state index contributed by atoms with van der Waals surface area (Å²) in [5.74, 6) is -0.442. The third-order valence-electron chi connectivity index (χ3n) is 4.20. The summed E-state index contributed by atoms with van der Waals surface area (Å²) in [6, 6.07) is 0.109. The third kappa shape index (κ3) is 3.67. The van der Waals surface area contributed by atoms with Gasteiger partial charge in [-0.05, 0) is 19.9 Å². The van der Waals surface area contributed by atoms with Crippen LogP contribution in [0.15, 0.2) is 0 Å². The third-order valence-corrected chi connectivity index (χ3v) is 4.20. The fraction of sp³-hybridized carbons (Fsp3) is 1.00. The highest BCUT2D eigenvalue weighted by Gasteiger charge is 2.46. The molecule has 112 valence electrons. The Morgan fingerprint density at radius 1 is 1.32 bits per heavy atom. The number of likely N-dealkylation sites (N-methyl/N-ethyl adjacent to an activating group) is 1. The van der Waals surface area contributed by atoms with Gasteiger partial charge in [-0.2, -0.15) is 0 Å². The molecule has 2 rings (SSSR count). The Labute approximate surface area is 115 Å². The second-order valence-corrected chi connectivity index (χ2v) is 5.31. The van der Waals surface area contributed by atoms with Gasteiger partial charge >= 0.3 is 0 Å². The lowest BCUT2D eigenvalue weighted by Gasteiger charge is -2.43. The predicted octanol–water partition coefficient (Wildman–Crippen LogP) is 1.00. The Bertz CT molecular complexity index is 268. The number of ether oxygens (including phenoxy) is 3. The molecule has 1 N–H and O–H groups in total. The molecule has 1 saturated carbocycles. The maximum atomic E-state index is 10.3. The van der Waals surface area contributed by atoms with E-state index in [4.69, 9.17) is 14.2 Å². The van der Waals surface area contributed by atoms with E-state index in [0.717, 1.165) is 39.0 Å². The second-order valence-electron chi connectivity index (χ2n) is 5.31. The minimum Gasteiger partial charge on any atom is -0.391 e. The van der Waals surface area contributed by atoms with Gasteiger partial charge in [0.2, 0.25) is 0 Å². The summed E-state index contributed by atoms with van der Waals surface area (Å²) in [6.07, 6.45) is 2.01. The van der Waals surface area contributed by atoms with E-state index in [0.29, 0.717) is 19.8 Å². The van der Waals surface area contributed by atoms with Crippen molar-refractivity contribution in [2.75, 3.05) is 39.5 Å². The van der Waals surface area contributed by atoms with Crippen LogP contribution in [0.2, 0.25) is 0 Å². The average Bonchev–Trinajstić information content (AvgIpc) is 2.87. The maximum Gasteiger partial charge on any atom is 0.170 e. The van der Waals surface area contributed by atoms with E-state index in [9.17, 15) is 5.11 Å². The lowest BCUT2D eigenvalue weighted by molar-refractivity contribution is -0.205. The van der Waals surface area contributed by atoms with Crippen molar-refractivity contribution in [3.8, 4) is 0 Å². The van der Waals surface area contributed by atoms with Crippen LogP contribution in [0.3, 0.4) is 0 Å². The Morgan fingerprint density at radius 3 is 2.68 bits per heavy atom. The monoisotopic (exact) mass is 273 g/mol. The van der Waals surface area contributed by atoms with Crippen LogP contribution in [0.25, 0.3) is 0 Å². The van der Waals surface area contributed by atoms with Crippen molar-refractivity contribution in [2.45, 2.75) is 51.0 Å². The van der Waals surface area contributed by atoms with Crippen LogP contribution in [-0.4, -0.2) is 67.5 Å². The summed E-state index contributed by atoms with van der Waals surface area (Å²) in [5.41, 5.74) is 0. The summed E-state index contributed by atoms with van der Waals surface area (Å²) >= 11 is 0. The summed E-state index contributed by atoms with van der Waals surface area (Å²) in [7, 11) is 0. The van der Waals surface area contributed by atoms with Crippen molar-refractivity contribution in [3.63, 3.8) is 0 Å². The van der Waals surface area contributed by atoms with Crippen molar-refractivity contribution in [1.29, 1.82) is 0 Å². The normalized spacial score (nSPS) is 30.3. The summed E-state index contributed by atoms with van der Waals surface area (Å²) < 4.78 is 17.0. The van der Waals surface area contributed by atoms with Crippen LogP contribution in [0.4, 0.5) is 0 Å². The maximum absolute atomic E-state index is 10.3. The molecule has 0 bridgehead atoms. The van der Waals surface area contributed by atoms with E-state index in [-0.39, 0.29) is 12.1 Å².